The monoisotopic (exact) mass is 541 g/mol. The van der Waals surface area contributed by atoms with Gasteiger partial charge in [0.1, 0.15) is 23.2 Å². The molecule has 10 nitrogen and oxygen atoms in total. The van der Waals surface area contributed by atoms with Gasteiger partial charge in [0.15, 0.2) is 5.82 Å². The van der Waals surface area contributed by atoms with Crippen LogP contribution in [0.15, 0.2) is 41.4 Å². The minimum absolute atomic E-state index is 0.158. The number of aromatic nitrogens is 4. The number of nitrogens with zero attached hydrogens (tertiary/aromatic N) is 6. The Bertz CT molecular complexity index is 1390. The van der Waals surface area contributed by atoms with Gasteiger partial charge in [0.05, 0.1) is 22.5 Å². The lowest BCUT2D eigenvalue weighted by Gasteiger charge is -2.19. The summed E-state index contributed by atoms with van der Waals surface area (Å²) in [6, 6.07) is 3.10. The number of nitrogens with two attached hydrogens (primary N) is 1. The highest BCUT2D eigenvalue weighted by Crippen LogP contribution is 2.33. The number of benzene rings is 1. The van der Waals surface area contributed by atoms with Gasteiger partial charge in [0.2, 0.25) is 5.95 Å². The topological polar surface area (TPSA) is 134 Å². The second-order valence-corrected chi connectivity index (χ2v) is 10.5. The number of carbonyl (C=O) groups excluding carboxylic acids is 1. The standard InChI is InChI=1S/C25H29Cl2N9O/c1-25(2,3)18(28)11-19(29-4)34-23(37)15-9-14(26)10-16(20(15)27)33-22-21-17(31-13-32-22)12-30-24(35-21)36-7-5-6-8-36/h9-13H,5-8,28H2,1-4H3,(H,29,34,37)(H,31,32,33). The van der Waals surface area contributed by atoms with E-state index < -0.39 is 5.91 Å². The van der Waals surface area contributed by atoms with E-state index in [4.69, 9.17) is 33.9 Å². The van der Waals surface area contributed by atoms with E-state index >= 15 is 0 Å². The van der Waals surface area contributed by atoms with Crippen molar-refractivity contribution in [2.75, 3.05) is 30.4 Å². The first-order valence-corrected chi connectivity index (χ1v) is 12.6. The van der Waals surface area contributed by atoms with Crippen molar-refractivity contribution in [1.29, 1.82) is 0 Å². The molecule has 194 valence electrons. The number of anilines is 3. The van der Waals surface area contributed by atoms with Gasteiger partial charge >= 0.3 is 0 Å². The number of nitrogens with one attached hydrogen (secondary N) is 2. The van der Waals surface area contributed by atoms with Gasteiger partial charge in [-0.3, -0.25) is 9.79 Å². The summed E-state index contributed by atoms with van der Waals surface area (Å²) in [6.07, 6.45) is 6.91. The highest BCUT2D eigenvalue weighted by Gasteiger charge is 2.21. The van der Waals surface area contributed by atoms with Crippen molar-refractivity contribution in [1.82, 2.24) is 25.3 Å². The molecule has 37 heavy (non-hydrogen) atoms. The number of aliphatic imine (C=N–C) groups is 1. The molecule has 1 aliphatic rings. The molecule has 1 aromatic carbocycles. The van der Waals surface area contributed by atoms with E-state index in [-0.39, 0.29) is 16.0 Å². The van der Waals surface area contributed by atoms with Crippen molar-refractivity contribution in [3.63, 3.8) is 0 Å². The fraction of sp³-hybridized carbons (Fsp3) is 0.360. The molecule has 0 unspecified atom stereocenters. The Morgan fingerprint density at radius 1 is 1.16 bits per heavy atom. The van der Waals surface area contributed by atoms with Crippen LogP contribution in [0.25, 0.3) is 11.0 Å². The van der Waals surface area contributed by atoms with Gasteiger partial charge in [0, 0.05) is 36.3 Å². The number of fused-ring (bicyclic) bond motifs is 1. The second kappa shape index (κ2) is 10.9. The van der Waals surface area contributed by atoms with Gasteiger partial charge < -0.3 is 21.3 Å². The summed E-state index contributed by atoms with van der Waals surface area (Å²) in [7, 11) is 1.56. The van der Waals surface area contributed by atoms with Crippen LogP contribution in [0.2, 0.25) is 10.0 Å². The normalized spacial score (nSPS) is 14.8. The molecule has 4 N–H and O–H groups in total. The Morgan fingerprint density at radius 2 is 1.89 bits per heavy atom. The molecule has 0 atom stereocenters. The SMILES string of the molecule is CN=C(C=C(N)C(C)(C)C)NC(=O)c1cc(Cl)cc(Nc2ncnc3cnc(N4CCCC4)nc23)c1Cl. The Kier molecular flexibility index (Phi) is 7.79. The molecule has 1 saturated heterocycles. The first-order chi connectivity index (χ1) is 17.6. The van der Waals surface area contributed by atoms with Gasteiger partial charge in [-0.25, -0.2) is 19.9 Å². The first-order valence-electron chi connectivity index (χ1n) is 11.8. The highest BCUT2D eigenvalue weighted by molar-refractivity contribution is 6.39. The summed E-state index contributed by atoms with van der Waals surface area (Å²) >= 11 is 13.0. The summed E-state index contributed by atoms with van der Waals surface area (Å²) in [5.74, 6) is 0.852. The first kappa shape index (κ1) is 26.6. The predicted octanol–water partition coefficient (Wildman–Crippen LogP) is 4.72. The third-order valence-corrected chi connectivity index (χ3v) is 6.55. The van der Waals surface area contributed by atoms with Crippen LogP contribution in [0, 0.1) is 5.41 Å². The Morgan fingerprint density at radius 3 is 2.57 bits per heavy atom. The number of rotatable bonds is 5. The van der Waals surface area contributed by atoms with Gasteiger partial charge in [0.25, 0.3) is 5.91 Å². The van der Waals surface area contributed by atoms with E-state index in [0.29, 0.717) is 45.0 Å². The minimum atomic E-state index is -0.486. The number of hydrogen-bond donors (Lipinski definition) is 3. The smallest absolute Gasteiger partial charge is 0.258 e. The largest absolute Gasteiger partial charge is 0.401 e. The van der Waals surface area contributed by atoms with Crippen LogP contribution in [0.5, 0.6) is 0 Å². The van der Waals surface area contributed by atoms with Crippen LogP contribution in [0.1, 0.15) is 44.0 Å². The van der Waals surface area contributed by atoms with Crippen molar-refractivity contribution in [3.8, 4) is 0 Å². The van der Waals surface area contributed by atoms with Crippen molar-refractivity contribution in [3.05, 3.63) is 52.0 Å². The van der Waals surface area contributed by atoms with Crippen LogP contribution in [-0.4, -0.2) is 51.8 Å². The Hall–Kier alpha value is -3.50. The molecule has 0 spiro atoms. The Labute approximate surface area is 225 Å². The van der Waals surface area contributed by atoms with Crippen LogP contribution in [0.4, 0.5) is 17.5 Å². The molecule has 0 aliphatic carbocycles. The molecule has 3 heterocycles. The zero-order valence-electron chi connectivity index (χ0n) is 21.1. The molecule has 12 heteroatoms. The van der Waals surface area contributed by atoms with E-state index in [0.717, 1.165) is 25.9 Å². The lowest BCUT2D eigenvalue weighted by atomic mass is 9.92. The highest BCUT2D eigenvalue weighted by atomic mass is 35.5. The third-order valence-electron chi connectivity index (χ3n) is 5.93. The van der Waals surface area contributed by atoms with Crippen LogP contribution in [-0.2, 0) is 0 Å². The van der Waals surface area contributed by atoms with Crippen LogP contribution < -0.4 is 21.3 Å². The van der Waals surface area contributed by atoms with Crippen LogP contribution >= 0.6 is 23.2 Å². The number of halogens is 2. The van der Waals surface area contributed by atoms with E-state index in [1.165, 1.54) is 12.4 Å². The molecule has 0 bridgehead atoms. The summed E-state index contributed by atoms with van der Waals surface area (Å²) < 4.78 is 0. The zero-order valence-corrected chi connectivity index (χ0v) is 22.7. The maximum Gasteiger partial charge on any atom is 0.258 e. The average molecular weight is 542 g/mol. The molecule has 0 saturated carbocycles. The maximum absolute atomic E-state index is 13.1. The van der Waals surface area contributed by atoms with E-state index in [1.807, 2.05) is 20.8 Å². The van der Waals surface area contributed by atoms with Crippen LogP contribution in [0.3, 0.4) is 0 Å². The second-order valence-electron chi connectivity index (χ2n) is 9.67. The van der Waals surface area contributed by atoms with E-state index in [1.54, 1.807) is 25.4 Å². The quantitative estimate of drug-likeness (QED) is 0.312. The molecule has 1 aliphatic heterocycles. The lowest BCUT2D eigenvalue weighted by Crippen LogP contribution is -2.31. The van der Waals surface area contributed by atoms with Gasteiger partial charge in [-0.15, -0.1) is 0 Å². The third kappa shape index (κ3) is 6.08. The van der Waals surface area contributed by atoms with Gasteiger partial charge in [-0.2, -0.15) is 0 Å². The summed E-state index contributed by atoms with van der Waals surface area (Å²) in [5, 5.41) is 6.38. The summed E-state index contributed by atoms with van der Waals surface area (Å²) in [6.45, 7) is 7.71. The number of hydrogen-bond acceptors (Lipinski definition) is 9. The fourth-order valence-electron chi connectivity index (χ4n) is 3.68. The maximum atomic E-state index is 13.1. The van der Waals surface area contributed by atoms with E-state index in [9.17, 15) is 4.79 Å². The number of allylic oxidation sites excluding steroid dienone is 1. The van der Waals surface area contributed by atoms with Crippen molar-refractivity contribution in [2.24, 2.45) is 16.1 Å². The lowest BCUT2D eigenvalue weighted by molar-refractivity contribution is 0.0977. The summed E-state index contributed by atoms with van der Waals surface area (Å²) in [4.78, 5) is 37.2. The van der Waals surface area contributed by atoms with Gasteiger partial charge in [-0.05, 0) is 31.1 Å². The number of amides is 1. The van der Waals surface area contributed by atoms with Gasteiger partial charge in [-0.1, -0.05) is 44.0 Å². The van der Waals surface area contributed by atoms with Crippen molar-refractivity contribution >= 4 is 63.4 Å². The average Bonchev–Trinajstić information content (AvgIpc) is 3.40. The molecule has 3 aromatic rings. The molecule has 1 amide bonds. The molecule has 0 radical (unpaired) electrons. The fourth-order valence-corrected chi connectivity index (χ4v) is 4.14. The minimum Gasteiger partial charge on any atom is -0.401 e. The molecular weight excluding hydrogens is 513 g/mol. The molecule has 4 rings (SSSR count). The summed E-state index contributed by atoms with van der Waals surface area (Å²) in [5.41, 5.74) is 8.08. The Balaban J connectivity index is 1.65. The number of amidine groups is 1. The number of carbonyl (C=O) groups is 1. The van der Waals surface area contributed by atoms with E-state index in [2.05, 4.69) is 35.5 Å². The molecular formula is C25H29Cl2N9O. The van der Waals surface area contributed by atoms with Crippen molar-refractivity contribution < 1.29 is 4.79 Å². The van der Waals surface area contributed by atoms with Crippen molar-refractivity contribution in [2.45, 2.75) is 33.6 Å². The zero-order chi connectivity index (χ0) is 26.7. The molecule has 2 aromatic heterocycles. The predicted molar refractivity (Wildman–Crippen MR) is 149 cm³/mol. The molecule has 1 fully saturated rings.